The van der Waals surface area contributed by atoms with Crippen molar-refractivity contribution in [3.05, 3.63) is 35.9 Å². The van der Waals surface area contributed by atoms with Crippen molar-refractivity contribution in [1.29, 1.82) is 0 Å². The Morgan fingerprint density at radius 1 is 1.38 bits per heavy atom. The van der Waals surface area contributed by atoms with Crippen LogP contribution in [0.5, 0.6) is 0 Å². The average Bonchev–Trinajstić information content (AvgIpc) is 2.52. The molecule has 4 heteroatoms. The molecule has 1 aliphatic heterocycles. The molecule has 2 atom stereocenters. The van der Waals surface area contributed by atoms with Gasteiger partial charge in [0.25, 0.3) is 0 Å². The van der Waals surface area contributed by atoms with Crippen molar-refractivity contribution >= 4 is 6.03 Å². The van der Waals surface area contributed by atoms with Crippen LogP contribution in [-0.2, 0) is 11.2 Å². The van der Waals surface area contributed by atoms with E-state index in [1.807, 2.05) is 17.9 Å². The van der Waals surface area contributed by atoms with E-state index in [4.69, 9.17) is 4.74 Å². The number of nitrogens with one attached hydrogen (secondary N) is 1. The highest BCUT2D eigenvalue weighted by Crippen LogP contribution is 2.16. The summed E-state index contributed by atoms with van der Waals surface area (Å²) < 4.78 is 5.88. The number of rotatable bonds is 5. The minimum atomic E-state index is 0.0392. The molecule has 0 bridgehead atoms. The second kappa shape index (κ2) is 8.03. The lowest BCUT2D eigenvalue weighted by Crippen LogP contribution is -2.54. The topological polar surface area (TPSA) is 41.6 Å². The summed E-state index contributed by atoms with van der Waals surface area (Å²) in [5, 5.41) is 2.96. The summed E-state index contributed by atoms with van der Waals surface area (Å²) in [4.78, 5) is 14.1. The fourth-order valence-electron chi connectivity index (χ4n) is 2.58. The fraction of sp³-hybridized carbons (Fsp3) is 0.588. The van der Waals surface area contributed by atoms with Crippen molar-refractivity contribution in [3.8, 4) is 0 Å². The van der Waals surface area contributed by atoms with E-state index >= 15 is 0 Å². The van der Waals surface area contributed by atoms with E-state index in [9.17, 15) is 4.79 Å². The zero-order valence-corrected chi connectivity index (χ0v) is 13.0. The molecule has 0 aliphatic carbocycles. The fourth-order valence-corrected chi connectivity index (χ4v) is 2.58. The number of aryl methyl sites for hydroxylation is 1. The molecule has 21 heavy (non-hydrogen) atoms. The molecule has 1 N–H and O–H groups in total. The lowest BCUT2D eigenvalue weighted by molar-refractivity contribution is -0.0440. The third kappa shape index (κ3) is 4.74. The Labute approximate surface area is 127 Å². The molecule has 0 radical (unpaired) electrons. The molecule has 1 saturated heterocycles. The van der Waals surface area contributed by atoms with Gasteiger partial charge in [-0.2, -0.15) is 0 Å². The van der Waals surface area contributed by atoms with Crippen molar-refractivity contribution in [3.63, 3.8) is 0 Å². The van der Waals surface area contributed by atoms with Gasteiger partial charge >= 0.3 is 6.03 Å². The van der Waals surface area contributed by atoms with E-state index < -0.39 is 0 Å². The van der Waals surface area contributed by atoms with Gasteiger partial charge in [0.2, 0.25) is 0 Å². The zero-order valence-electron chi connectivity index (χ0n) is 13.0. The van der Waals surface area contributed by atoms with Crippen molar-refractivity contribution < 1.29 is 9.53 Å². The largest absolute Gasteiger partial charge is 0.374 e. The van der Waals surface area contributed by atoms with E-state index in [1.54, 1.807) is 0 Å². The Hall–Kier alpha value is -1.55. The second-order valence-electron chi connectivity index (χ2n) is 5.71. The van der Waals surface area contributed by atoms with E-state index in [-0.39, 0.29) is 18.2 Å². The SMILES string of the molecule is CCCNC(=O)N1CC(CCc2ccccc2)OCC1C. The predicted octanol–water partition coefficient (Wildman–Crippen LogP) is 2.83. The summed E-state index contributed by atoms with van der Waals surface area (Å²) in [6, 6.07) is 10.6. The molecular formula is C17H26N2O2. The van der Waals surface area contributed by atoms with Gasteiger partial charge in [-0.3, -0.25) is 0 Å². The number of amides is 2. The lowest BCUT2D eigenvalue weighted by atomic mass is 10.0. The third-order valence-corrected chi connectivity index (χ3v) is 3.89. The minimum absolute atomic E-state index is 0.0392. The maximum Gasteiger partial charge on any atom is 0.317 e. The summed E-state index contributed by atoms with van der Waals surface area (Å²) in [6.45, 7) is 6.14. The van der Waals surface area contributed by atoms with Gasteiger partial charge in [0.1, 0.15) is 0 Å². The Morgan fingerprint density at radius 3 is 2.86 bits per heavy atom. The van der Waals surface area contributed by atoms with E-state index in [0.717, 1.165) is 25.8 Å². The normalized spacial score (nSPS) is 22.1. The highest BCUT2D eigenvalue weighted by molar-refractivity contribution is 5.74. The number of benzene rings is 1. The molecule has 1 aromatic rings. The van der Waals surface area contributed by atoms with Crippen LogP contribution in [0, 0.1) is 0 Å². The minimum Gasteiger partial charge on any atom is -0.374 e. The number of hydrogen-bond donors (Lipinski definition) is 1. The number of nitrogens with zero attached hydrogens (tertiary/aromatic N) is 1. The Kier molecular flexibility index (Phi) is 6.05. The molecule has 4 nitrogen and oxygen atoms in total. The van der Waals surface area contributed by atoms with Crippen LogP contribution in [0.1, 0.15) is 32.3 Å². The number of urea groups is 1. The van der Waals surface area contributed by atoms with Crippen molar-refractivity contribution in [2.24, 2.45) is 0 Å². The average molecular weight is 290 g/mol. The maximum atomic E-state index is 12.1. The van der Waals surface area contributed by atoms with Crippen LogP contribution >= 0.6 is 0 Å². The molecule has 2 amide bonds. The van der Waals surface area contributed by atoms with Crippen LogP contribution in [0.15, 0.2) is 30.3 Å². The summed E-state index contributed by atoms with van der Waals surface area (Å²) in [7, 11) is 0. The van der Waals surface area contributed by atoms with Gasteiger partial charge < -0.3 is 15.0 Å². The molecule has 0 aromatic heterocycles. The monoisotopic (exact) mass is 290 g/mol. The van der Waals surface area contributed by atoms with Crippen LogP contribution in [0.3, 0.4) is 0 Å². The molecule has 0 saturated carbocycles. The van der Waals surface area contributed by atoms with Crippen molar-refractivity contribution in [1.82, 2.24) is 10.2 Å². The Balaban J connectivity index is 1.83. The van der Waals surface area contributed by atoms with Gasteiger partial charge in [-0.05, 0) is 31.7 Å². The van der Waals surface area contributed by atoms with Crippen molar-refractivity contribution in [2.75, 3.05) is 19.7 Å². The molecule has 1 aliphatic rings. The Morgan fingerprint density at radius 2 is 2.14 bits per heavy atom. The molecule has 0 spiro atoms. The maximum absolute atomic E-state index is 12.1. The van der Waals surface area contributed by atoms with Crippen LogP contribution in [0.2, 0.25) is 0 Å². The highest BCUT2D eigenvalue weighted by atomic mass is 16.5. The zero-order chi connectivity index (χ0) is 15.1. The van der Waals surface area contributed by atoms with E-state index in [2.05, 4.69) is 36.5 Å². The summed E-state index contributed by atoms with van der Waals surface area (Å²) >= 11 is 0. The van der Waals surface area contributed by atoms with Crippen molar-refractivity contribution in [2.45, 2.75) is 45.3 Å². The molecule has 1 aromatic carbocycles. The van der Waals surface area contributed by atoms with Crippen LogP contribution in [0.4, 0.5) is 4.79 Å². The third-order valence-electron chi connectivity index (χ3n) is 3.89. The molecule has 2 rings (SSSR count). The summed E-state index contributed by atoms with van der Waals surface area (Å²) in [5.41, 5.74) is 1.32. The highest BCUT2D eigenvalue weighted by Gasteiger charge is 2.29. The number of ether oxygens (including phenoxy) is 1. The van der Waals surface area contributed by atoms with Gasteiger partial charge in [0.15, 0.2) is 0 Å². The van der Waals surface area contributed by atoms with Gasteiger partial charge in [-0.25, -0.2) is 4.79 Å². The van der Waals surface area contributed by atoms with Gasteiger partial charge in [0, 0.05) is 13.1 Å². The van der Waals surface area contributed by atoms with Gasteiger partial charge in [0.05, 0.1) is 18.8 Å². The standard InChI is InChI=1S/C17H26N2O2/c1-3-11-18-17(20)19-12-16(21-13-14(19)2)10-9-15-7-5-4-6-8-15/h4-8,14,16H,3,9-13H2,1-2H3,(H,18,20). The number of hydrogen-bond acceptors (Lipinski definition) is 2. The smallest absolute Gasteiger partial charge is 0.317 e. The molecule has 1 heterocycles. The quantitative estimate of drug-likeness (QED) is 0.906. The van der Waals surface area contributed by atoms with Crippen LogP contribution in [0.25, 0.3) is 0 Å². The van der Waals surface area contributed by atoms with Gasteiger partial charge in [-0.15, -0.1) is 0 Å². The first-order valence-corrected chi connectivity index (χ1v) is 7.90. The van der Waals surface area contributed by atoms with Crippen LogP contribution < -0.4 is 5.32 Å². The molecular weight excluding hydrogens is 264 g/mol. The summed E-state index contributed by atoms with van der Waals surface area (Å²) in [5.74, 6) is 0. The predicted molar refractivity (Wildman–Crippen MR) is 84.4 cm³/mol. The van der Waals surface area contributed by atoms with Gasteiger partial charge in [-0.1, -0.05) is 37.3 Å². The molecule has 2 unspecified atom stereocenters. The number of carbonyl (C=O) groups excluding carboxylic acids is 1. The number of morpholine rings is 1. The van der Waals surface area contributed by atoms with E-state index in [1.165, 1.54) is 5.56 Å². The first kappa shape index (κ1) is 15.8. The summed E-state index contributed by atoms with van der Waals surface area (Å²) in [6.07, 6.45) is 3.04. The Bertz CT molecular complexity index is 436. The molecule has 116 valence electrons. The van der Waals surface area contributed by atoms with Crippen LogP contribution in [-0.4, -0.2) is 42.8 Å². The van der Waals surface area contributed by atoms with E-state index in [0.29, 0.717) is 13.2 Å². The molecule has 1 fully saturated rings. The number of carbonyl (C=O) groups is 1. The second-order valence-corrected chi connectivity index (χ2v) is 5.71. The lowest BCUT2D eigenvalue weighted by Gasteiger charge is -2.38. The first-order chi connectivity index (χ1) is 10.2. The first-order valence-electron chi connectivity index (χ1n) is 7.90.